The third kappa shape index (κ3) is 9.24. The van der Waals surface area contributed by atoms with Crippen LogP contribution in [-0.2, 0) is 12.0 Å². The fourth-order valence-corrected chi connectivity index (χ4v) is 11.9. The van der Waals surface area contributed by atoms with Crippen LogP contribution in [0.2, 0.25) is 0 Å². The van der Waals surface area contributed by atoms with Crippen LogP contribution >= 0.6 is 8.38 Å². The second-order valence-electron chi connectivity index (χ2n) is 18.1. The lowest BCUT2D eigenvalue weighted by atomic mass is 9.69. The van der Waals surface area contributed by atoms with Crippen molar-refractivity contribution in [2.75, 3.05) is 9.80 Å². The summed E-state index contributed by atoms with van der Waals surface area (Å²) in [4.78, 5) is 4.57. The number of anilines is 6. The predicted octanol–water partition coefficient (Wildman–Crippen LogP) is 17.2. The van der Waals surface area contributed by atoms with Crippen molar-refractivity contribution in [2.45, 2.75) is 77.7 Å². The van der Waals surface area contributed by atoms with Crippen molar-refractivity contribution in [2.24, 2.45) is 0 Å². The molecule has 0 amide bonds. The average Bonchev–Trinajstić information content (AvgIpc) is 3.41. The highest BCUT2D eigenvalue weighted by Gasteiger charge is 2.50. The molecule has 5 nitrogen and oxygen atoms in total. The Morgan fingerprint density at radius 2 is 1.00 bits per heavy atom. The van der Waals surface area contributed by atoms with E-state index in [4.69, 9.17) is 9.05 Å². The largest absolute Gasteiger partial charge is 0.435 e. The highest BCUT2D eigenvalue weighted by Crippen LogP contribution is 2.50. The minimum absolute atomic E-state index is 0.0505. The number of rotatable bonds is 17. The maximum absolute atomic E-state index is 7.28. The first kappa shape index (κ1) is 45.6. The summed E-state index contributed by atoms with van der Waals surface area (Å²) in [6.45, 7) is 9.32. The van der Waals surface area contributed by atoms with E-state index in [0.29, 0.717) is 5.92 Å². The molecule has 0 saturated carbocycles. The van der Waals surface area contributed by atoms with E-state index in [1.807, 2.05) is 6.07 Å². The summed E-state index contributed by atoms with van der Waals surface area (Å²) >= 11 is 0. The first-order valence-electron chi connectivity index (χ1n) is 24.8. The SMILES string of the molecule is CCCCc1ccc(N(c2ccccc2)c2cccc(OP(Oc3cccc(N(c4ccccc4)c4ccccc4)c3)c3ccc4c(c3)-c3cc5ccccc5c[n+]3C(CC)(CC)C4CC)c2)cc1. The molecular weight excluding hydrogens is 862 g/mol. The number of hydrogen-bond acceptors (Lipinski definition) is 4. The molecule has 2 unspecified atom stereocenters. The zero-order valence-corrected chi connectivity index (χ0v) is 41.1. The van der Waals surface area contributed by atoms with Crippen LogP contribution in [0.4, 0.5) is 34.1 Å². The molecule has 6 heteroatoms. The van der Waals surface area contributed by atoms with Gasteiger partial charge >= 0.3 is 8.38 Å². The molecule has 0 radical (unpaired) electrons. The van der Waals surface area contributed by atoms with Crippen LogP contribution in [0.5, 0.6) is 11.5 Å². The van der Waals surface area contributed by atoms with Crippen molar-refractivity contribution in [3.8, 4) is 22.8 Å². The third-order valence-corrected chi connectivity index (χ3v) is 15.5. The molecule has 1 aliphatic rings. The van der Waals surface area contributed by atoms with E-state index in [1.54, 1.807) is 0 Å². The van der Waals surface area contributed by atoms with E-state index >= 15 is 0 Å². The van der Waals surface area contributed by atoms with E-state index in [-0.39, 0.29) is 5.54 Å². The third-order valence-electron chi connectivity index (χ3n) is 14.1. The first-order valence-corrected chi connectivity index (χ1v) is 26.0. The molecule has 0 bridgehead atoms. The average molecular weight is 923 g/mol. The quantitative estimate of drug-likeness (QED) is 0.0672. The minimum Gasteiger partial charge on any atom is -0.435 e. The molecular formula is C63H61N3O2P+. The number of pyridine rings is 1. The van der Waals surface area contributed by atoms with Crippen LogP contribution in [-0.4, -0.2) is 0 Å². The second-order valence-corrected chi connectivity index (χ2v) is 19.5. The summed E-state index contributed by atoms with van der Waals surface area (Å²) in [7, 11) is -1.73. The molecule has 10 rings (SSSR count). The number of aryl methyl sites for hydroxylation is 1. The second kappa shape index (κ2) is 20.6. The fraction of sp³-hybridized carbons (Fsp3) is 0.190. The Hall–Kier alpha value is -7.20. The van der Waals surface area contributed by atoms with Crippen molar-refractivity contribution in [1.82, 2.24) is 0 Å². The Kier molecular flexibility index (Phi) is 13.6. The van der Waals surface area contributed by atoms with Gasteiger partial charge in [-0.15, -0.1) is 0 Å². The van der Waals surface area contributed by atoms with Gasteiger partial charge in [-0.05, 0) is 127 Å². The van der Waals surface area contributed by atoms with E-state index in [2.05, 4.69) is 255 Å². The Balaban J connectivity index is 1.09. The van der Waals surface area contributed by atoms with Crippen LogP contribution in [0, 0.1) is 0 Å². The number of hydrogen-bond donors (Lipinski definition) is 0. The predicted molar refractivity (Wildman–Crippen MR) is 290 cm³/mol. The zero-order valence-electron chi connectivity index (χ0n) is 40.2. The zero-order chi connectivity index (χ0) is 47.2. The Bertz CT molecular complexity index is 3100. The van der Waals surface area contributed by atoms with Gasteiger partial charge in [0.05, 0.1) is 10.9 Å². The van der Waals surface area contributed by atoms with Crippen LogP contribution in [0.1, 0.15) is 76.8 Å². The van der Waals surface area contributed by atoms with Gasteiger partial charge < -0.3 is 18.8 Å². The maximum atomic E-state index is 7.28. The number of benzene rings is 8. The smallest absolute Gasteiger partial charge is 0.326 e. The molecule has 0 saturated heterocycles. The highest BCUT2D eigenvalue weighted by atomic mass is 31.2. The summed E-state index contributed by atoms with van der Waals surface area (Å²) < 4.78 is 17.2. The van der Waals surface area contributed by atoms with Crippen molar-refractivity contribution < 1.29 is 13.6 Å². The highest BCUT2D eigenvalue weighted by molar-refractivity contribution is 7.56. The van der Waals surface area contributed by atoms with Crippen LogP contribution in [0.3, 0.4) is 0 Å². The number of nitrogens with zero attached hydrogens (tertiary/aromatic N) is 3. The van der Waals surface area contributed by atoms with E-state index in [9.17, 15) is 0 Å². The molecule has 1 aromatic heterocycles. The molecule has 69 heavy (non-hydrogen) atoms. The summed E-state index contributed by atoms with van der Waals surface area (Å²) in [5, 5.41) is 3.49. The van der Waals surface area contributed by atoms with Gasteiger partial charge in [0.15, 0.2) is 11.7 Å². The lowest BCUT2D eigenvalue weighted by molar-refractivity contribution is -0.761. The maximum Gasteiger partial charge on any atom is 0.326 e. The standard InChI is InChI=1S/C63H61N3O2P/c1-5-9-23-47-36-38-53(39-37-47)66(52-30-17-12-18-31-52)55-33-22-35-57(44-55)68-69(67-56-34-21-32-54(43-56)65(50-26-13-10-14-27-50)51-28-15-11-16-29-51)58-40-41-59-60(45-58)62-42-48-24-19-20-25-49(48)46-64(62)63(7-3,8-4)61(59)6-2/h10-22,24-46,61H,5-9,23H2,1-4H3/q+1. The molecule has 2 atom stereocenters. The van der Waals surface area contributed by atoms with Crippen LogP contribution < -0.4 is 28.7 Å². The summed E-state index contributed by atoms with van der Waals surface area (Å²) in [5.74, 6) is 1.79. The van der Waals surface area contributed by atoms with Gasteiger partial charge in [0, 0.05) is 76.5 Å². The molecule has 2 heterocycles. The molecule has 0 fully saturated rings. The van der Waals surface area contributed by atoms with Gasteiger partial charge in [-0.3, -0.25) is 0 Å². The summed E-state index contributed by atoms with van der Waals surface area (Å²) in [6.07, 6.45) is 8.95. The van der Waals surface area contributed by atoms with Crippen LogP contribution in [0.25, 0.3) is 22.0 Å². The fourth-order valence-electron chi connectivity index (χ4n) is 10.6. The van der Waals surface area contributed by atoms with Crippen molar-refractivity contribution >= 4 is 58.6 Å². The molecule has 9 aromatic rings. The first-order chi connectivity index (χ1) is 34.0. The molecule has 344 valence electrons. The van der Waals surface area contributed by atoms with Gasteiger partial charge in [-0.2, -0.15) is 4.57 Å². The Morgan fingerprint density at radius 3 is 1.52 bits per heavy atom. The van der Waals surface area contributed by atoms with Gasteiger partial charge in [-0.1, -0.05) is 137 Å². The van der Waals surface area contributed by atoms with E-state index < -0.39 is 8.38 Å². The number of para-hydroxylation sites is 3. The molecule has 0 spiro atoms. The van der Waals surface area contributed by atoms with E-state index in [1.165, 1.54) is 46.0 Å². The molecule has 1 aliphatic heterocycles. The lowest BCUT2D eigenvalue weighted by Gasteiger charge is -2.40. The lowest BCUT2D eigenvalue weighted by Crippen LogP contribution is -2.62. The van der Waals surface area contributed by atoms with Gasteiger partial charge in [-0.25, -0.2) is 0 Å². The molecule has 0 N–H and O–H groups in total. The molecule has 0 aliphatic carbocycles. The van der Waals surface area contributed by atoms with Crippen molar-refractivity contribution in [3.05, 3.63) is 230 Å². The monoisotopic (exact) mass is 922 g/mol. The number of fused-ring (bicyclic) bond motifs is 4. The summed E-state index contributed by atoms with van der Waals surface area (Å²) in [5.41, 5.74) is 11.5. The van der Waals surface area contributed by atoms with E-state index in [0.717, 1.165) is 76.6 Å². The van der Waals surface area contributed by atoms with Gasteiger partial charge in [0.25, 0.3) is 0 Å². The minimum atomic E-state index is -1.73. The van der Waals surface area contributed by atoms with Gasteiger partial charge in [0.1, 0.15) is 11.5 Å². The Labute approximate surface area is 410 Å². The van der Waals surface area contributed by atoms with Crippen LogP contribution in [0.15, 0.2) is 219 Å². The van der Waals surface area contributed by atoms with Crippen molar-refractivity contribution in [3.63, 3.8) is 0 Å². The normalized spacial score (nSPS) is 14.1. The molecule has 8 aromatic carbocycles. The van der Waals surface area contributed by atoms with Crippen molar-refractivity contribution in [1.29, 1.82) is 0 Å². The number of aromatic nitrogens is 1. The number of unbranched alkanes of at least 4 members (excludes halogenated alkanes) is 1. The van der Waals surface area contributed by atoms with Gasteiger partial charge in [0.2, 0.25) is 5.69 Å². The Morgan fingerprint density at radius 1 is 0.493 bits per heavy atom. The topological polar surface area (TPSA) is 28.8 Å². The summed E-state index contributed by atoms with van der Waals surface area (Å²) in [6, 6.07) is 75.7.